The Labute approximate surface area is 167 Å². The van der Waals surface area contributed by atoms with E-state index >= 15 is 0 Å². The lowest BCUT2D eigenvalue weighted by Crippen LogP contribution is -2.52. The van der Waals surface area contributed by atoms with Crippen LogP contribution in [0.3, 0.4) is 0 Å². The molecule has 1 unspecified atom stereocenters. The molecule has 2 aromatic carbocycles. The average Bonchev–Trinajstić information content (AvgIpc) is 2.74. The standard InChI is InChI=1S/C24H28N2O2/c1-18(27)26(21-13-6-3-7-14-21)24(28)23-22-15-9-8-10-19(22)16-17-25(23)20-11-4-2-5-12-20/h2,4-5,8-12,15,21,23H,3,6-7,13-14,16-17H2,1H3. The molecule has 4 rings (SSSR count). The van der Waals surface area contributed by atoms with Crippen LogP contribution in [0.4, 0.5) is 5.69 Å². The summed E-state index contributed by atoms with van der Waals surface area (Å²) in [6.07, 6.45) is 6.12. The molecule has 2 aliphatic rings. The van der Waals surface area contributed by atoms with E-state index in [4.69, 9.17) is 0 Å². The molecule has 1 heterocycles. The van der Waals surface area contributed by atoms with E-state index in [0.717, 1.165) is 49.9 Å². The van der Waals surface area contributed by atoms with Crippen molar-refractivity contribution in [3.05, 3.63) is 65.7 Å². The number of amides is 2. The molecule has 1 aliphatic carbocycles. The number of anilines is 1. The van der Waals surface area contributed by atoms with Gasteiger partial charge in [-0.1, -0.05) is 61.7 Å². The van der Waals surface area contributed by atoms with Gasteiger partial charge in [0.15, 0.2) is 0 Å². The number of carbonyl (C=O) groups excluding carboxylic acids is 2. The zero-order valence-electron chi connectivity index (χ0n) is 16.5. The molecule has 0 N–H and O–H groups in total. The van der Waals surface area contributed by atoms with Crippen LogP contribution in [0.1, 0.15) is 56.2 Å². The first-order valence-electron chi connectivity index (χ1n) is 10.4. The van der Waals surface area contributed by atoms with E-state index < -0.39 is 6.04 Å². The normalized spacial score (nSPS) is 19.8. The largest absolute Gasteiger partial charge is 0.356 e. The molecule has 146 valence electrons. The Hall–Kier alpha value is -2.62. The minimum absolute atomic E-state index is 0.0328. The topological polar surface area (TPSA) is 40.6 Å². The number of hydrogen-bond acceptors (Lipinski definition) is 3. The summed E-state index contributed by atoms with van der Waals surface area (Å²) in [5.41, 5.74) is 3.27. The highest BCUT2D eigenvalue weighted by Gasteiger charge is 2.39. The first kappa shape index (κ1) is 18.7. The Balaban J connectivity index is 1.75. The first-order chi connectivity index (χ1) is 13.7. The predicted octanol–water partition coefficient (Wildman–Crippen LogP) is 4.50. The summed E-state index contributed by atoms with van der Waals surface area (Å²) in [7, 11) is 0. The molecule has 0 bridgehead atoms. The van der Waals surface area contributed by atoms with Gasteiger partial charge in [0, 0.05) is 25.2 Å². The van der Waals surface area contributed by atoms with Gasteiger partial charge in [-0.05, 0) is 42.5 Å². The van der Waals surface area contributed by atoms with Crippen molar-refractivity contribution in [3.63, 3.8) is 0 Å². The van der Waals surface area contributed by atoms with E-state index in [-0.39, 0.29) is 17.9 Å². The molecule has 0 aromatic heterocycles. The highest BCUT2D eigenvalue weighted by molar-refractivity contribution is 5.99. The van der Waals surface area contributed by atoms with Crippen molar-refractivity contribution >= 4 is 17.5 Å². The van der Waals surface area contributed by atoms with Gasteiger partial charge < -0.3 is 4.90 Å². The van der Waals surface area contributed by atoms with Crippen molar-refractivity contribution in [2.45, 2.75) is 57.5 Å². The number of rotatable bonds is 3. The molecule has 2 amide bonds. The second-order valence-corrected chi connectivity index (χ2v) is 7.90. The maximum Gasteiger partial charge on any atom is 0.256 e. The van der Waals surface area contributed by atoms with Crippen molar-refractivity contribution in [1.29, 1.82) is 0 Å². The van der Waals surface area contributed by atoms with E-state index in [1.54, 1.807) is 4.90 Å². The third-order valence-corrected chi connectivity index (χ3v) is 6.12. The number of carbonyl (C=O) groups is 2. The number of hydrogen-bond donors (Lipinski definition) is 0. The summed E-state index contributed by atoms with van der Waals surface area (Å²) < 4.78 is 0. The molecule has 0 radical (unpaired) electrons. The van der Waals surface area contributed by atoms with Crippen LogP contribution in [-0.2, 0) is 16.0 Å². The van der Waals surface area contributed by atoms with Crippen LogP contribution < -0.4 is 4.90 Å². The molecule has 1 fully saturated rings. The van der Waals surface area contributed by atoms with Gasteiger partial charge in [0.2, 0.25) is 5.91 Å². The zero-order valence-corrected chi connectivity index (χ0v) is 16.5. The number of para-hydroxylation sites is 1. The Bertz CT molecular complexity index is 843. The maximum absolute atomic E-state index is 13.8. The molecule has 0 spiro atoms. The van der Waals surface area contributed by atoms with Crippen molar-refractivity contribution < 1.29 is 9.59 Å². The summed E-state index contributed by atoms with van der Waals surface area (Å²) in [4.78, 5) is 30.2. The van der Waals surface area contributed by atoms with Crippen LogP contribution in [-0.4, -0.2) is 29.3 Å². The van der Waals surface area contributed by atoms with Gasteiger partial charge in [0.25, 0.3) is 5.91 Å². The van der Waals surface area contributed by atoms with Gasteiger partial charge in [-0.3, -0.25) is 14.5 Å². The summed E-state index contributed by atoms with van der Waals surface area (Å²) in [6.45, 7) is 2.31. The zero-order chi connectivity index (χ0) is 19.5. The number of fused-ring (bicyclic) bond motifs is 1. The van der Waals surface area contributed by atoms with E-state index in [0.29, 0.717) is 0 Å². The SMILES string of the molecule is CC(=O)N(C(=O)C1c2ccccc2CCN1c1ccccc1)C1CCCCC1. The Kier molecular flexibility index (Phi) is 5.47. The second kappa shape index (κ2) is 8.17. The Morgan fingerprint density at radius 2 is 1.61 bits per heavy atom. The fourth-order valence-electron chi connectivity index (χ4n) is 4.79. The summed E-state index contributed by atoms with van der Waals surface area (Å²) >= 11 is 0. The van der Waals surface area contributed by atoms with E-state index in [1.807, 2.05) is 48.5 Å². The van der Waals surface area contributed by atoms with Crippen molar-refractivity contribution in [2.75, 3.05) is 11.4 Å². The van der Waals surface area contributed by atoms with E-state index in [2.05, 4.69) is 11.0 Å². The lowest BCUT2D eigenvalue weighted by molar-refractivity contribution is -0.148. The minimum atomic E-state index is -0.446. The van der Waals surface area contributed by atoms with Crippen LogP contribution in [0.15, 0.2) is 54.6 Å². The number of nitrogens with zero attached hydrogens (tertiary/aromatic N) is 2. The minimum Gasteiger partial charge on any atom is -0.356 e. The summed E-state index contributed by atoms with van der Waals surface area (Å²) in [6, 6.07) is 17.9. The average molecular weight is 377 g/mol. The summed E-state index contributed by atoms with van der Waals surface area (Å²) in [5, 5.41) is 0. The Morgan fingerprint density at radius 3 is 2.32 bits per heavy atom. The molecule has 2 aromatic rings. The molecular weight excluding hydrogens is 348 g/mol. The fraction of sp³-hybridized carbons (Fsp3) is 0.417. The monoisotopic (exact) mass is 376 g/mol. The van der Waals surface area contributed by atoms with Crippen LogP contribution in [0.5, 0.6) is 0 Å². The van der Waals surface area contributed by atoms with Crippen molar-refractivity contribution in [3.8, 4) is 0 Å². The molecule has 28 heavy (non-hydrogen) atoms. The lowest BCUT2D eigenvalue weighted by Gasteiger charge is -2.42. The van der Waals surface area contributed by atoms with Gasteiger partial charge in [-0.25, -0.2) is 0 Å². The molecule has 1 aliphatic heterocycles. The molecule has 1 saturated carbocycles. The molecular formula is C24H28N2O2. The van der Waals surface area contributed by atoms with Crippen LogP contribution in [0.25, 0.3) is 0 Å². The Morgan fingerprint density at radius 1 is 0.929 bits per heavy atom. The van der Waals surface area contributed by atoms with Crippen molar-refractivity contribution in [2.24, 2.45) is 0 Å². The van der Waals surface area contributed by atoms with Crippen LogP contribution in [0, 0.1) is 0 Å². The maximum atomic E-state index is 13.8. The summed E-state index contributed by atoms with van der Waals surface area (Å²) in [5.74, 6) is -0.205. The molecule has 4 heteroatoms. The third-order valence-electron chi connectivity index (χ3n) is 6.12. The number of benzene rings is 2. The van der Waals surface area contributed by atoms with Gasteiger partial charge in [-0.15, -0.1) is 0 Å². The molecule has 0 saturated heterocycles. The van der Waals surface area contributed by atoms with Gasteiger partial charge >= 0.3 is 0 Å². The highest BCUT2D eigenvalue weighted by atomic mass is 16.2. The molecule has 4 nitrogen and oxygen atoms in total. The lowest BCUT2D eigenvalue weighted by atomic mass is 9.89. The van der Waals surface area contributed by atoms with Crippen LogP contribution in [0.2, 0.25) is 0 Å². The van der Waals surface area contributed by atoms with E-state index in [1.165, 1.54) is 18.9 Å². The smallest absolute Gasteiger partial charge is 0.256 e. The van der Waals surface area contributed by atoms with Gasteiger partial charge in [0.1, 0.15) is 6.04 Å². The molecule has 1 atom stereocenters. The van der Waals surface area contributed by atoms with Gasteiger partial charge in [0.05, 0.1) is 0 Å². The predicted molar refractivity (Wildman–Crippen MR) is 111 cm³/mol. The number of imide groups is 1. The highest BCUT2D eigenvalue weighted by Crippen LogP contribution is 2.36. The first-order valence-corrected chi connectivity index (χ1v) is 10.4. The fourth-order valence-corrected chi connectivity index (χ4v) is 4.79. The quantitative estimate of drug-likeness (QED) is 0.792. The van der Waals surface area contributed by atoms with Gasteiger partial charge in [-0.2, -0.15) is 0 Å². The van der Waals surface area contributed by atoms with Crippen molar-refractivity contribution in [1.82, 2.24) is 4.90 Å². The second-order valence-electron chi connectivity index (χ2n) is 7.90. The van der Waals surface area contributed by atoms with E-state index in [9.17, 15) is 9.59 Å². The third kappa shape index (κ3) is 3.56. The van der Waals surface area contributed by atoms with Crippen LogP contribution >= 0.6 is 0 Å².